The predicted octanol–water partition coefficient (Wildman–Crippen LogP) is 4.88. The van der Waals surface area contributed by atoms with Gasteiger partial charge in [0.25, 0.3) is 0 Å². The number of halogens is 3. The number of benzene rings is 1. The van der Waals surface area contributed by atoms with E-state index in [4.69, 9.17) is 17.3 Å². The molecule has 8 heteroatoms. The fourth-order valence-corrected chi connectivity index (χ4v) is 5.14. The molecule has 3 heterocycles. The van der Waals surface area contributed by atoms with Crippen molar-refractivity contribution < 1.29 is 13.6 Å². The highest BCUT2D eigenvalue weighted by atomic mass is 35.5. The molecule has 4 rings (SSSR count). The van der Waals surface area contributed by atoms with Crippen LogP contribution in [0, 0.1) is 17.6 Å². The molecule has 0 spiro atoms. The van der Waals surface area contributed by atoms with Crippen LogP contribution in [0.2, 0.25) is 5.02 Å². The second-order valence-corrected chi connectivity index (χ2v) is 8.84. The van der Waals surface area contributed by atoms with E-state index >= 15 is 0 Å². The highest BCUT2D eigenvalue weighted by Crippen LogP contribution is 2.39. The summed E-state index contributed by atoms with van der Waals surface area (Å²) in [6.07, 6.45) is 4.12. The van der Waals surface area contributed by atoms with Crippen LogP contribution < -0.4 is 5.73 Å². The SMILES string of the molecule is NCC(CC(=O)c1cc2c(s1)CCCn1ncc(Cl)c1-2)Cc1ccc(F)c(F)c1. The van der Waals surface area contributed by atoms with Crippen molar-refractivity contribution in [3.05, 3.63) is 62.4 Å². The second-order valence-electron chi connectivity index (χ2n) is 7.30. The lowest BCUT2D eigenvalue weighted by atomic mass is 9.93. The predicted molar refractivity (Wildman–Crippen MR) is 110 cm³/mol. The quantitative estimate of drug-likeness (QED) is 0.561. The summed E-state index contributed by atoms with van der Waals surface area (Å²) >= 11 is 7.83. The number of carbonyl (C=O) groups excluding carboxylic acids is 1. The Hall–Kier alpha value is -2.09. The Labute approximate surface area is 176 Å². The standard InChI is InChI=1S/C21H20ClF2N3OS/c22-15-11-26-27-5-1-2-19-14(21(15)27)9-20(29-19)18(28)8-13(10-25)6-12-3-4-16(23)17(24)7-12/h3-4,7,9,11,13H,1-2,5-6,8,10,25H2. The van der Waals surface area contributed by atoms with Gasteiger partial charge in [0.15, 0.2) is 17.4 Å². The van der Waals surface area contributed by atoms with E-state index in [0.717, 1.165) is 41.6 Å². The molecule has 4 nitrogen and oxygen atoms in total. The van der Waals surface area contributed by atoms with Crippen molar-refractivity contribution in [2.75, 3.05) is 6.54 Å². The van der Waals surface area contributed by atoms with E-state index in [1.807, 2.05) is 10.7 Å². The van der Waals surface area contributed by atoms with E-state index in [-0.39, 0.29) is 24.7 Å². The van der Waals surface area contributed by atoms with Crippen LogP contribution in [-0.4, -0.2) is 22.1 Å². The number of ketones is 1. The Morgan fingerprint density at radius 1 is 1.31 bits per heavy atom. The van der Waals surface area contributed by atoms with Gasteiger partial charge in [0.05, 0.1) is 21.8 Å². The van der Waals surface area contributed by atoms with Crippen molar-refractivity contribution in [2.24, 2.45) is 11.7 Å². The molecule has 1 aliphatic heterocycles. The van der Waals surface area contributed by atoms with Gasteiger partial charge in [0.2, 0.25) is 0 Å². The molecule has 29 heavy (non-hydrogen) atoms. The van der Waals surface area contributed by atoms with Crippen LogP contribution in [0.25, 0.3) is 11.3 Å². The molecule has 1 atom stereocenters. The van der Waals surface area contributed by atoms with E-state index in [1.165, 1.54) is 23.5 Å². The number of hydrogen-bond acceptors (Lipinski definition) is 4. The van der Waals surface area contributed by atoms with Gasteiger partial charge in [-0.2, -0.15) is 5.10 Å². The molecule has 0 fully saturated rings. The maximum atomic E-state index is 13.5. The fraction of sp³-hybridized carbons (Fsp3) is 0.333. The summed E-state index contributed by atoms with van der Waals surface area (Å²) in [5, 5.41) is 4.91. The molecular weight excluding hydrogens is 416 g/mol. The fourth-order valence-electron chi connectivity index (χ4n) is 3.74. The minimum Gasteiger partial charge on any atom is -0.330 e. The lowest BCUT2D eigenvalue weighted by molar-refractivity contribution is 0.0966. The van der Waals surface area contributed by atoms with Crippen LogP contribution in [0.15, 0.2) is 30.5 Å². The van der Waals surface area contributed by atoms with Crippen LogP contribution in [0.1, 0.15) is 33.0 Å². The number of carbonyl (C=O) groups is 1. The molecule has 0 saturated heterocycles. The van der Waals surface area contributed by atoms with Gasteiger partial charge in [-0.3, -0.25) is 9.48 Å². The van der Waals surface area contributed by atoms with Gasteiger partial charge in [0.1, 0.15) is 0 Å². The number of Topliss-reactive ketones (excluding diaryl/α,β-unsaturated/α-hetero) is 1. The van der Waals surface area contributed by atoms with Gasteiger partial charge in [-0.25, -0.2) is 8.78 Å². The highest BCUT2D eigenvalue weighted by molar-refractivity contribution is 7.14. The molecule has 152 valence electrons. The Morgan fingerprint density at radius 3 is 2.90 bits per heavy atom. The summed E-state index contributed by atoms with van der Waals surface area (Å²) in [4.78, 5) is 14.7. The highest BCUT2D eigenvalue weighted by Gasteiger charge is 2.24. The average molecular weight is 436 g/mol. The summed E-state index contributed by atoms with van der Waals surface area (Å²) < 4.78 is 28.5. The molecule has 1 unspecified atom stereocenters. The zero-order chi connectivity index (χ0) is 20.5. The Bertz CT molecular complexity index is 1060. The van der Waals surface area contributed by atoms with Crippen LogP contribution >= 0.6 is 22.9 Å². The van der Waals surface area contributed by atoms with Gasteiger partial charge < -0.3 is 5.73 Å². The van der Waals surface area contributed by atoms with E-state index < -0.39 is 11.6 Å². The van der Waals surface area contributed by atoms with Gasteiger partial charge in [-0.1, -0.05) is 17.7 Å². The zero-order valence-electron chi connectivity index (χ0n) is 15.6. The normalized spacial score (nSPS) is 14.2. The summed E-state index contributed by atoms with van der Waals surface area (Å²) in [6.45, 7) is 1.09. The van der Waals surface area contributed by atoms with Gasteiger partial charge >= 0.3 is 0 Å². The second kappa shape index (κ2) is 8.34. The lowest BCUT2D eigenvalue weighted by Gasteiger charge is -2.13. The molecular formula is C21H20ClF2N3OS. The number of hydrogen-bond donors (Lipinski definition) is 1. The number of thiophene rings is 1. The van der Waals surface area contributed by atoms with E-state index in [0.29, 0.717) is 21.9 Å². The van der Waals surface area contributed by atoms with Crippen molar-refractivity contribution >= 4 is 28.7 Å². The van der Waals surface area contributed by atoms with Gasteiger partial charge in [0, 0.05) is 23.4 Å². The van der Waals surface area contributed by atoms with Gasteiger partial charge in [-0.15, -0.1) is 11.3 Å². The number of nitrogens with two attached hydrogens (primary N) is 1. The molecule has 2 aromatic heterocycles. The van der Waals surface area contributed by atoms with E-state index in [9.17, 15) is 13.6 Å². The monoisotopic (exact) mass is 435 g/mol. The smallest absolute Gasteiger partial charge is 0.173 e. The first-order valence-electron chi connectivity index (χ1n) is 9.48. The molecule has 1 aromatic carbocycles. The minimum absolute atomic E-state index is 0.00305. The molecule has 3 aromatic rings. The summed E-state index contributed by atoms with van der Waals surface area (Å²) in [6, 6.07) is 5.70. The number of aryl methyl sites for hydroxylation is 2. The number of nitrogens with zero attached hydrogens (tertiary/aromatic N) is 2. The number of fused-ring (bicyclic) bond motifs is 3. The Kier molecular flexibility index (Phi) is 5.81. The zero-order valence-corrected chi connectivity index (χ0v) is 17.2. The Morgan fingerprint density at radius 2 is 2.14 bits per heavy atom. The molecule has 0 bridgehead atoms. The van der Waals surface area contributed by atoms with Gasteiger partial charge in [-0.05, 0) is 55.5 Å². The largest absolute Gasteiger partial charge is 0.330 e. The topological polar surface area (TPSA) is 60.9 Å². The Balaban J connectivity index is 1.53. The third-order valence-electron chi connectivity index (χ3n) is 5.22. The van der Waals surface area contributed by atoms with Crippen molar-refractivity contribution in [1.29, 1.82) is 0 Å². The average Bonchev–Trinajstić information content (AvgIpc) is 3.23. The molecule has 2 N–H and O–H groups in total. The third-order valence-corrected chi connectivity index (χ3v) is 6.74. The summed E-state index contributed by atoms with van der Waals surface area (Å²) in [5.74, 6) is -1.92. The molecule has 0 amide bonds. The molecule has 0 saturated carbocycles. The van der Waals surface area contributed by atoms with E-state index in [1.54, 1.807) is 6.20 Å². The van der Waals surface area contributed by atoms with Crippen molar-refractivity contribution in [2.45, 2.75) is 32.2 Å². The summed E-state index contributed by atoms with van der Waals surface area (Å²) in [7, 11) is 0. The van der Waals surface area contributed by atoms with Crippen LogP contribution in [0.3, 0.4) is 0 Å². The van der Waals surface area contributed by atoms with Crippen LogP contribution in [0.4, 0.5) is 8.78 Å². The maximum absolute atomic E-state index is 13.5. The molecule has 1 aliphatic rings. The summed E-state index contributed by atoms with van der Waals surface area (Å²) in [5.41, 5.74) is 8.33. The van der Waals surface area contributed by atoms with E-state index in [2.05, 4.69) is 5.10 Å². The first-order valence-corrected chi connectivity index (χ1v) is 10.7. The van der Waals surface area contributed by atoms with Crippen LogP contribution in [-0.2, 0) is 19.4 Å². The first-order chi connectivity index (χ1) is 14.0. The minimum atomic E-state index is -0.889. The lowest BCUT2D eigenvalue weighted by Crippen LogP contribution is -2.20. The maximum Gasteiger partial charge on any atom is 0.173 e. The van der Waals surface area contributed by atoms with Crippen molar-refractivity contribution in [3.8, 4) is 11.3 Å². The van der Waals surface area contributed by atoms with Crippen LogP contribution in [0.5, 0.6) is 0 Å². The third kappa shape index (κ3) is 4.13. The van der Waals surface area contributed by atoms with Crippen molar-refractivity contribution in [3.63, 3.8) is 0 Å². The van der Waals surface area contributed by atoms with Crippen molar-refractivity contribution in [1.82, 2.24) is 9.78 Å². The first kappa shape index (κ1) is 20.2. The molecule has 0 radical (unpaired) electrons. The number of rotatable bonds is 6. The molecule has 0 aliphatic carbocycles. The number of aromatic nitrogens is 2.